The second-order valence-corrected chi connectivity index (χ2v) is 5.33. The van der Waals surface area contributed by atoms with Gasteiger partial charge in [0.05, 0.1) is 0 Å². The van der Waals surface area contributed by atoms with Gasteiger partial charge >= 0.3 is 5.97 Å². The first-order chi connectivity index (χ1) is 9.06. The average Bonchev–Trinajstić information content (AvgIpc) is 3.07. The Balaban J connectivity index is 1.75. The van der Waals surface area contributed by atoms with Crippen LogP contribution in [-0.2, 0) is 9.59 Å². The topological polar surface area (TPSA) is 66.4 Å². The van der Waals surface area contributed by atoms with Crippen LogP contribution in [0.1, 0.15) is 37.7 Å². The predicted octanol–water partition coefficient (Wildman–Crippen LogP) is 2.16. The summed E-state index contributed by atoms with van der Waals surface area (Å²) in [5.41, 5.74) is 1.26. The van der Waals surface area contributed by atoms with Crippen molar-refractivity contribution in [3.05, 3.63) is 35.9 Å². The molecule has 1 saturated carbocycles. The van der Waals surface area contributed by atoms with Gasteiger partial charge in [-0.3, -0.25) is 9.59 Å². The molecular formula is C15H19NO3. The number of carbonyl (C=O) groups excluding carboxylic acids is 1. The molecule has 1 aromatic rings. The number of benzene rings is 1. The van der Waals surface area contributed by atoms with E-state index in [1.807, 2.05) is 18.2 Å². The minimum absolute atomic E-state index is 0.0419. The van der Waals surface area contributed by atoms with Gasteiger partial charge in [0.25, 0.3) is 0 Å². The van der Waals surface area contributed by atoms with Crippen LogP contribution in [-0.4, -0.2) is 23.0 Å². The molecule has 0 heterocycles. The van der Waals surface area contributed by atoms with Gasteiger partial charge in [-0.25, -0.2) is 0 Å². The lowest BCUT2D eigenvalue weighted by atomic mass is 10.0. The minimum Gasteiger partial charge on any atom is -0.481 e. The zero-order valence-electron chi connectivity index (χ0n) is 11.0. The number of carboxylic acid groups (broad SMARTS) is 1. The highest BCUT2D eigenvalue weighted by atomic mass is 16.4. The first-order valence-corrected chi connectivity index (χ1v) is 6.62. The van der Waals surface area contributed by atoms with E-state index in [-0.39, 0.29) is 30.7 Å². The largest absolute Gasteiger partial charge is 0.481 e. The molecule has 1 fully saturated rings. The van der Waals surface area contributed by atoms with E-state index < -0.39 is 5.97 Å². The molecule has 102 valence electrons. The number of amides is 1. The smallest absolute Gasteiger partial charge is 0.303 e. The third-order valence-electron chi connectivity index (χ3n) is 3.42. The number of carboxylic acids is 1. The molecule has 0 aromatic heterocycles. The molecule has 19 heavy (non-hydrogen) atoms. The number of carbonyl (C=O) groups is 2. The number of hydrogen-bond donors (Lipinski definition) is 2. The molecule has 1 aliphatic rings. The second kappa shape index (κ2) is 5.87. The van der Waals surface area contributed by atoms with E-state index in [1.165, 1.54) is 5.56 Å². The molecule has 3 atom stereocenters. The summed E-state index contributed by atoms with van der Waals surface area (Å²) in [5, 5.41) is 11.6. The van der Waals surface area contributed by atoms with E-state index in [1.54, 1.807) is 6.92 Å². The number of hydrogen-bond acceptors (Lipinski definition) is 2. The fraction of sp³-hybridized carbons (Fsp3) is 0.467. The quantitative estimate of drug-likeness (QED) is 0.824. The van der Waals surface area contributed by atoms with E-state index in [4.69, 9.17) is 5.11 Å². The van der Waals surface area contributed by atoms with Crippen molar-refractivity contribution < 1.29 is 14.7 Å². The van der Waals surface area contributed by atoms with Gasteiger partial charge in [0.1, 0.15) is 0 Å². The van der Waals surface area contributed by atoms with E-state index in [2.05, 4.69) is 17.4 Å². The van der Waals surface area contributed by atoms with E-state index in [0.717, 1.165) is 6.42 Å². The molecule has 0 saturated heterocycles. The van der Waals surface area contributed by atoms with Gasteiger partial charge in [-0.2, -0.15) is 0 Å². The summed E-state index contributed by atoms with van der Waals surface area (Å²) in [4.78, 5) is 22.3. The highest BCUT2D eigenvalue weighted by molar-refractivity contribution is 5.78. The Labute approximate surface area is 112 Å². The maximum absolute atomic E-state index is 11.8. The summed E-state index contributed by atoms with van der Waals surface area (Å²) in [7, 11) is 0. The lowest BCUT2D eigenvalue weighted by Crippen LogP contribution is -2.28. The van der Waals surface area contributed by atoms with Crippen LogP contribution in [0.3, 0.4) is 0 Å². The third-order valence-corrected chi connectivity index (χ3v) is 3.42. The zero-order valence-corrected chi connectivity index (χ0v) is 11.0. The van der Waals surface area contributed by atoms with Crippen LogP contribution in [0.4, 0.5) is 0 Å². The minimum atomic E-state index is -0.853. The Hall–Kier alpha value is -1.84. The van der Waals surface area contributed by atoms with Crippen molar-refractivity contribution in [3.8, 4) is 0 Å². The Morgan fingerprint density at radius 1 is 1.32 bits per heavy atom. The Morgan fingerprint density at radius 3 is 2.63 bits per heavy atom. The summed E-state index contributed by atoms with van der Waals surface area (Å²) >= 11 is 0. The molecule has 3 unspecified atom stereocenters. The van der Waals surface area contributed by atoms with Crippen molar-refractivity contribution in [2.24, 2.45) is 5.92 Å². The standard InChI is InChI=1S/C15H19NO3/c1-10(8-15(18)19)7-14(17)16-13-9-12(13)11-5-3-2-4-6-11/h2-6,10,12-13H,7-9H2,1H3,(H,16,17)(H,18,19). The average molecular weight is 261 g/mol. The molecule has 4 nitrogen and oxygen atoms in total. The Bertz CT molecular complexity index is 458. The van der Waals surface area contributed by atoms with E-state index in [9.17, 15) is 9.59 Å². The number of aliphatic carboxylic acids is 1. The molecule has 0 aliphatic heterocycles. The van der Waals surface area contributed by atoms with Crippen molar-refractivity contribution >= 4 is 11.9 Å². The van der Waals surface area contributed by atoms with Gasteiger partial charge in [0.15, 0.2) is 0 Å². The van der Waals surface area contributed by atoms with Gasteiger partial charge in [-0.1, -0.05) is 37.3 Å². The van der Waals surface area contributed by atoms with Crippen LogP contribution in [0, 0.1) is 5.92 Å². The molecule has 4 heteroatoms. The SMILES string of the molecule is CC(CC(=O)O)CC(=O)NC1CC1c1ccccc1. The first-order valence-electron chi connectivity index (χ1n) is 6.62. The van der Waals surface area contributed by atoms with Crippen molar-refractivity contribution in [1.29, 1.82) is 0 Å². The summed E-state index contributed by atoms with van der Waals surface area (Å²) in [6.45, 7) is 1.79. The fourth-order valence-electron chi connectivity index (χ4n) is 2.38. The van der Waals surface area contributed by atoms with Crippen molar-refractivity contribution in [3.63, 3.8) is 0 Å². The lowest BCUT2D eigenvalue weighted by molar-refractivity contribution is -0.138. The summed E-state index contributed by atoms with van der Waals surface area (Å²) in [6, 6.07) is 10.3. The zero-order chi connectivity index (χ0) is 13.8. The van der Waals surface area contributed by atoms with E-state index >= 15 is 0 Å². The molecule has 0 radical (unpaired) electrons. The summed E-state index contributed by atoms with van der Waals surface area (Å²) < 4.78 is 0. The highest BCUT2D eigenvalue weighted by Gasteiger charge is 2.39. The van der Waals surface area contributed by atoms with Crippen LogP contribution < -0.4 is 5.32 Å². The van der Waals surface area contributed by atoms with Crippen molar-refractivity contribution in [2.45, 2.75) is 38.1 Å². The predicted molar refractivity (Wildman–Crippen MR) is 71.8 cm³/mol. The molecule has 0 bridgehead atoms. The van der Waals surface area contributed by atoms with Gasteiger partial charge in [-0.15, -0.1) is 0 Å². The molecule has 2 rings (SSSR count). The summed E-state index contributed by atoms with van der Waals surface area (Å²) in [5.74, 6) is -0.600. The second-order valence-electron chi connectivity index (χ2n) is 5.33. The van der Waals surface area contributed by atoms with Gasteiger partial charge in [0, 0.05) is 24.8 Å². The molecular weight excluding hydrogens is 242 g/mol. The van der Waals surface area contributed by atoms with Crippen LogP contribution >= 0.6 is 0 Å². The van der Waals surface area contributed by atoms with Crippen LogP contribution in [0.5, 0.6) is 0 Å². The normalized spacial score (nSPS) is 22.6. The molecule has 1 amide bonds. The maximum atomic E-state index is 11.8. The number of rotatable bonds is 6. The summed E-state index contributed by atoms with van der Waals surface area (Å²) in [6.07, 6.45) is 1.30. The fourth-order valence-corrected chi connectivity index (χ4v) is 2.38. The highest BCUT2D eigenvalue weighted by Crippen LogP contribution is 2.40. The van der Waals surface area contributed by atoms with Crippen molar-refractivity contribution in [2.75, 3.05) is 0 Å². The van der Waals surface area contributed by atoms with Crippen molar-refractivity contribution in [1.82, 2.24) is 5.32 Å². The molecule has 1 aromatic carbocycles. The van der Waals surface area contributed by atoms with Crippen LogP contribution in [0.25, 0.3) is 0 Å². The van der Waals surface area contributed by atoms with Crippen LogP contribution in [0.15, 0.2) is 30.3 Å². The van der Waals surface area contributed by atoms with Gasteiger partial charge < -0.3 is 10.4 Å². The van der Waals surface area contributed by atoms with E-state index in [0.29, 0.717) is 5.92 Å². The van der Waals surface area contributed by atoms with Gasteiger partial charge in [0.2, 0.25) is 5.91 Å². The maximum Gasteiger partial charge on any atom is 0.303 e. The number of nitrogens with one attached hydrogen (secondary N) is 1. The Kier molecular flexibility index (Phi) is 4.20. The lowest BCUT2D eigenvalue weighted by Gasteiger charge is -2.09. The monoisotopic (exact) mass is 261 g/mol. The molecule has 1 aliphatic carbocycles. The third kappa shape index (κ3) is 4.09. The first kappa shape index (κ1) is 13.6. The van der Waals surface area contributed by atoms with Gasteiger partial charge in [-0.05, 0) is 17.9 Å². The molecule has 0 spiro atoms. The molecule has 2 N–H and O–H groups in total. The Morgan fingerprint density at radius 2 is 2.00 bits per heavy atom. The van der Waals surface area contributed by atoms with Crippen LogP contribution in [0.2, 0.25) is 0 Å².